The van der Waals surface area contributed by atoms with Crippen LogP contribution in [-0.2, 0) is 4.79 Å². The van der Waals surface area contributed by atoms with E-state index >= 15 is 0 Å². The van der Waals surface area contributed by atoms with Crippen LogP contribution in [-0.4, -0.2) is 34.8 Å². The highest BCUT2D eigenvalue weighted by molar-refractivity contribution is 8.14. The zero-order chi connectivity index (χ0) is 9.26. The Morgan fingerprint density at radius 1 is 1.69 bits per heavy atom. The van der Waals surface area contributed by atoms with Crippen molar-refractivity contribution in [1.29, 1.82) is 0 Å². The maximum absolute atomic E-state index is 11.8. The summed E-state index contributed by atoms with van der Waals surface area (Å²) in [6, 6.07) is 0. The number of carbonyl (C=O) groups excluding carboxylic acids is 1. The second-order valence-corrected chi connectivity index (χ2v) is 4.46. The Bertz CT molecular complexity index is 252. The quantitative estimate of drug-likeness (QED) is 0.637. The average molecular weight is 198 g/mol. The van der Waals surface area contributed by atoms with Crippen LogP contribution in [0.25, 0.3) is 0 Å². The van der Waals surface area contributed by atoms with Crippen molar-refractivity contribution in [2.75, 3.05) is 18.8 Å². The zero-order valence-corrected chi connectivity index (χ0v) is 8.64. The fraction of sp³-hybridized carbons (Fsp3) is 0.778. The SMILES string of the molecule is CCC1CCN(C2=NCCS2)C1=O. The first-order chi connectivity index (χ1) is 6.33. The average Bonchev–Trinajstić information content (AvgIpc) is 2.72. The number of likely N-dealkylation sites (tertiary alicyclic amines) is 1. The van der Waals surface area contributed by atoms with Crippen molar-refractivity contribution in [3.8, 4) is 0 Å². The molecule has 0 spiro atoms. The Labute approximate surface area is 82.6 Å². The molecule has 1 fully saturated rings. The van der Waals surface area contributed by atoms with Gasteiger partial charge in [0.2, 0.25) is 5.91 Å². The molecule has 0 aliphatic carbocycles. The molecule has 3 nitrogen and oxygen atoms in total. The molecule has 1 atom stereocenters. The molecule has 0 bridgehead atoms. The second-order valence-electron chi connectivity index (χ2n) is 3.40. The fourth-order valence-corrected chi connectivity index (χ4v) is 2.68. The summed E-state index contributed by atoms with van der Waals surface area (Å²) in [5, 5.41) is 0.959. The standard InChI is InChI=1S/C9H14N2OS/c1-2-7-3-5-11(8(7)12)9-10-4-6-13-9/h7H,2-6H2,1H3. The predicted octanol–water partition coefficient (Wildman–Crippen LogP) is 1.35. The van der Waals surface area contributed by atoms with Gasteiger partial charge in [0.1, 0.15) is 0 Å². The molecular weight excluding hydrogens is 184 g/mol. The van der Waals surface area contributed by atoms with Crippen LogP contribution in [0.2, 0.25) is 0 Å². The molecule has 0 aromatic rings. The number of amides is 1. The summed E-state index contributed by atoms with van der Waals surface area (Å²) >= 11 is 1.71. The van der Waals surface area contributed by atoms with Crippen molar-refractivity contribution in [3.63, 3.8) is 0 Å². The molecule has 0 aromatic carbocycles. The van der Waals surface area contributed by atoms with Crippen LogP contribution in [0.5, 0.6) is 0 Å². The van der Waals surface area contributed by atoms with Crippen LogP contribution in [0.1, 0.15) is 19.8 Å². The van der Waals surface area contributed by atoms with Gasteiger partial charge in [-0.15, -0.1) is 0 Å². The molecule has 1 unspecified atom stereocenters. The van der Waals surface area contributed by atoms with Gasteiger partial charge in [0, 0.05) is 18.2 Å². The first-order valence-electron chi connectivity index (χ1n) is 4.81. The van der Waals surface area contributed by atoms with Crippen LogP contribution in [0, 0.1) is 5.92 Å². The van der Waals surface area contributed by atoms with Crippen LogP contribution in [0.4, 0.5) is 0 Å². The van der Waals surface area contributed by atoms with Gasteiger partial charge < -0.3 is 0 Å². The van der Waals surface area contributed by atoms with Gasteiger partial charge >= 0.3 is 0 Å². The maximum atomic E-state index is 11.8. The van der Waals surface area contributed by atoms with Crippen LogP contribution < -0.4 is 0 Å². The third kappa shape index (κ3) is 1.59. The topological polar surface area (TPSA) is 32.7 Å². The summed E-state index contributed by atoms with van der Waals surface area (Å²) in [5.41, 5.74) is 0. The normalized spacial score (nSPS) is 28.4. The van der Waals surface area contributed by atoms with Crippen molar-refractivity contribution < 1.29 is 4.79 Å². The number of hydrogen-bond donors (Lipinski definition) is 0. The molecule has 0 aromatic heterocycles. The van der Waals surface area contributed by atoms with E-state index in [0.717, 1.165) is 36.9 Å². The Balaban J connectivity index is 2.05. The van der Waals surface area contributed by atoms with Gasteiger partial charge in [0.05, 0.1) is 6.54 Å². The molecule has 0 saturated carbocycles. The molecule has 4 heteroatoms. The van der Waals surface area contributed by atoms with Gasteiger partial charge in [-0.1, -0.05) is 18.7 Å². The van der Waals surface area contributed by atoms with E-state index in [4.69, 9.17) is 0 Å². The summed E-state index contributed by atoms with van der Waals surface area (Å²) < 4.78 is 0. The predicted molar refractivity (Wildman–Crippen MR) is 54.9 cm³/mol. The Hall–Kier alpha value is -0.510. The Morgan fingerprint density at radius 2 is 2.54 bits per heavy atom. The van der Waals surface area contributed by atoms with E-state index in [0.29, 0.717) is 0 Å². The molecule has 2 rings (SSSR count). The zero-order valence-electron chi connectivity index (χ0n) is 7.82. The summed E-state index contributed by atoms with van der Waals surface area (Å²) in [6.45, 7) is 3.83. The lowest BCUT2D eigenvalue weighted by Gasteiger charge is -2.14. The van der Waals surface area contributed by atoms with E-state index in [-0.39, 0.29) is 11.8 Å². The van der Waals surface area contributed by atoms with Crippen LogP contribution in [0.3, 0.4) is 0 Å². The fourth-order valence-electron chi connectivity index (χ4n) is 1.79. The van der Waals surface area contributed by atoms with Crippen LogP contribution >= 0.6 is 11.8 Å². The summed E-state index contributed by atoms with van der Waals surface area (Å²) in [6.07, 6.45) is 1.97. The highest BCUT2D eigenvalue weighted by Crippen LogP contribution is 2.26. The number of carbonyl (C=O) groups is 1. The number of amidine groups is 1. The number of nitrogens with zero attached hydrogens (tertiary/aromatic N) is 2. The largest absolute Gasteiger partial charge is 0.291 e. The molecule has 72 valence electrons. The smallest absolute Gasteiger partial charge is 0.231 e. The summed E-state index contributed by atoms with van der Waals surface area (Å²) in [4.78, 5) is 17.9. The number of rotatable bonds is 1. The van der Waals surface area contributed by atoms with Gasteiger partial charge in [-0.05, 0) is 12.8 Å². The number of aliphatic imine (C=N–C) groups is 1. The monoisotopic (exact) mass is 198 g/mol. The minimum atomic E-state index is 0.254. The number of thioether (sulfide) groups is 1. The molecule has 13 heavy (non-hydrogen) atoms. The summed E-state index contributed by atoms with van der Waals surface area (Å²) in [5.74, 6) is 1.58. The van der Waals surface area contributed by atoms with Crippen molar-refractivity contribution in [1.82, 2.24) is 4.90 Å². The third-order valence-electron chi connectivity index (χ3n) is 2.61. The number of hydrogen-bond acceptors (Lipinski definition) is 3. The first-order valence-corrected chi connectivity index (χ1v) is 5.80. The van der Waals surface area contributed by atoms with E-state index in [1.165, 1.54) is 0 Å². The Morgan fingerprint density at radius 3 is 3.08 bits per heavy atom. The second kappa shape index (κ2) is 3.70. The molecule has 2 heterocycles. The van der Waals surface area contributed by atoms with E-state index in [1.54, 1.807) is 11.8 Å². The Kier molecular flexibility index (Phi) is 2.58. The first kappa shape index (κ1) is 9.06. The molecule has 2 aliphatic rings. The van der Waals surface area contributed by atoms with Crippen LogP contribution in [0.15, 0.2) is 4.99 Å². The highest BCUT2D eigenvalue weighted by Gasteiger charge is 2.33. The minimum Gasteiger partial charge on any atom is -0.291 e. The van der Waals surface area contributed by atoms with Crippen molar-refractivity contribution in [2.24, 2.45) is 10.9 Å². The third-order valence-corrected chi connectivity index (χ3v) is 3.60. The molecule has 0 radical (unpaired) electrons. The molecular formula is C9H14N2OS. The lowest BCUT2D eigenvalue weighted by molar-refractivity contribution is -0.127. The van der Waals surface area contributed by atoms with Crippen molar-refractivity contribution in [2.45, 2.75) is 19.8 Å². The molecule has 1 saturated heterocycles. The lowest BCUT2D eigenvalue weighted by atomic mass is 10.1. The van der Waals surface area contributed by atoms with E-state index in [1.807, 2.05) is 4.90 Å². The lowest BCUT2D eigenvalue weighted by Crippen LogP contribution is -2.30. The van der Waals surface area contributed by atoms with E-state index < -0.39 is 0 Å². The van der Waals surface area contributed by atoms with Crippen molar-refractivity contribution >= 4 is 22.8 Å². The maximum Gasteiger partial charge on any atom is 0.231 e. The van der Waals surface area contributed by atoms with Crippen molar-refractivity contribution in [3.05, 3.63) is 0 Å². The molecule has 1 amide bonds. The molecule has 0 N–H and O–H groups in total. The van der Waals surface area contributed by atoms with Gasteiger partial charge in [-0.2, -0.15) is 0 Å². The van der Waals surface area contributed by atoms with E-state index in [2.05, 4.69) is 11.9 Å². The van der Waals surface area contributed by atoms with Gasteiger partial charge in [0.15, 0.2) is 5.17 Å². The minimum absolute atomic E-state index is 0.254. The van der Waals surface area contributed by atoms with E-state index in [9.17, 15) is 4.79 Å². The van der Waals surface area contributed by atoms with Gasteiger partial charge in [-0.3, -0.25) is 14.7 Å². The van der Waals surface area contributed by atoms with Gasteiger partial charge in [-0.25, -0.2) is 0 Å². The molecule has 2 aliphatic heterocycles. The highest BCUT2D eigenvalue weighted by atomic mass is 32.2. The summed E-state index contributed by atoms with van der Waals surface area (Å²) in [7, 11) is 0. The van der Waals surface area contributed by atoms with Gasteiger partial charge in [0.25, 0.3) is 0 Å².